The molecule has 796 valence electrons. The minimum Gasteiger partial charge on any atom is -0.480 e. The molecule has 0 bridgehead atoms. The van der Waals surface area contributed by atoms with Crippen LogP contribution in [0.1, 0.15) is 791 Å². The van der Waals surface area contributed by atoms with E-state index in [0.29, 0.717) is 12.8 Å². The molecule has 0 aliphatic heterocycles. The van der Waals surface area contributed by atoms with E-state index in [2.05, 4.69) is 26.1 Å². The minimum absolute atomic E-state index is 0.245. The smallest absolute Gasteiger partial charge is 0.328 e. The summed E-state index contributed by atoms with van der Waals surface area (Å²) in [6.07, 6.45) is 169. The summed E-state index contributed by atoms with van der Waals surface area (Å²) >= 11 is 0. The number of aliphatic hydroxyl groups excluding tert-OH is 1. The molecule has 3 N–H and O–H groups in total. The van der Waals surface area contributed by atoms with Gasteiger partial charge in [-0.15, -0.1) is 0 Å². The van der Waals surface area contributed by atoms with Crippen molar-refractivity contribution in [2.45, 2.75) is 803 Å². The number of rotatable bonds is 124. The lowest BCUT2D eigenvalue weighted by Crippen LogP contribution is -2.48. The van der Waals surface area contributed by atoms with E-state index < -0.39 is 18.1 Å². The summed E-state index contributed by atoms with van der Waals surface area (Å²) in [6.45, 7) is 7.04. The van der Waals surface area contributed by atoms with Gasteiger partial charge in [-0.05, 0) is 18.8 Å². The fourth-order valence-electron chi connectivity index (χ4n) is 22.1. The molecule has 133 heavy (non-hydrogen) atoms. The van der Waals surface area contributed by atoms with Crippen LogP contribution in [0.4, 0.5) is 0 Å². The lowest BCUT2D eigenvalue weighted by atomic mass is 9.95. The Balaban J connectivity index is 3.20. The average Bonchev–Trinajstić information content (AvgIpc) is 0.899. The summed E-state index contributed by atoms with van der Waals surface area (Å²) in [7, 11) is 0. The predicted octanol–water partition coefficient (Wildman–Crippen LogP) is 46.4. The van der Waals surface area contributed by atoms with Gasteiger partial charge in [0.25, 0.3) is 0 Å². The molecule has 0 aromatic heterocycles. The molecule has 0 aromatic rings. The van der Waals surface area contributed by atoms with Crippen molar-refractivity contribution in [3.8, 4) is 0 Å². The zero-order valence-corrected chi connectivity index (χ0v) is 92.8. The third-order valence-corrected chi connectivity index (χ3v) is 31.7. The van der Waals surface area contributed by atoms with Crippen LogP contribution in [-0.4, -0.2) is 34.2 Å². The molecule has 0 radical (unpaired) electrons. The summed E-state index contributed by atoms with van der Waals surface area (Å²) in [5, 5.41) is 22.9. The molecule has 0 spiro atoms. The molecule has 0 aliphatic carbocycles. The first-order valence-corrected chi connectivity index (χ1v) is 64.1. The van der Waals surface area contributed by atoms with Gasteiger partial charge in [0.2, 0.25) is 5.91 Å². The topological polar surface area (TPSA) is 86.6 Å². The molecule has 0 saturated carbocycles. The Morgan fingerprint density at radius 2 is 0.271 bits per heavy atom. The van der Waals surface area contributed by atoms with Crippen molar-refractivity contribution >= 4 is 11.9 Å². The van der Waals surface area contributed by atoms with Crippen LogP contribution in [0.3, 0.4) is 0 Å². The third kappa shape index (κ3) is 118. The van der Waals surface area contributed by atoms with Gasteiger partial charge in [-0.2, -0.15) is 0 Å². The summed E-state index contributed by atoms with van der Waals surface area (Å²) in [5.41, 5.74) is 0. The van der Waals surface area contributed by atoms with E-state index in [4.69, 9.17) is 0 Å². The zero-order chi connectivity index (χ0) is 95.4. The van der Waals surface area contributed by atoms with Crippen LogP contribution in [0.15, 0.2) is 0 Å². The number of hydrogen-bond donors (Lipinski definition) is 3. The highest BCUT2D eigenvalue weighted by atomic mass is 16.4. The number of carboxylic acid groups (broad SMARTS) is 1. The molecule has 0 saturated heterocycles. The normalized spacial score (nSPS) is 12.5. The van der Waals surface area contributed by atoms with Crippen LogP contribution in [0.5, 0.6) is 0 Å². The molecule has 1 amide bonds. The van der Waals surface area contributed by atoms with Crippen molar-refractivity contribution in [3.05, 3.63) is 0 Å². The van der Waals surface area contributed by atoms with Crippen LogP contribution in [-0.2, 0) is 9.59 Å². The number of aliphatic hydroxyl groups is 1. The van der Waals surface area contributed by atoms with Crippen LogP contribution in [0, 0.1) is 5.92 Å². The second-order valence-corrected chi connectivity index (χ2v) is 45.5. The lowest BCUT2D eigenvalue weighted by Gasteiger charge is -2.20. The first-order chi connectivity index (χ1) is 65.9. The molecule has 5 nitrogen and oxygen atoms in total. The molecule has 3 unspecified atom stereocenters. The Hall–Kier alpha value is -1.10. The quantitative estimate of drug-likeness (QED) is 0.0530. The minimum atomic E-state index is -1.21. The zero-order valence-electron chi connectivity index (χ0n) is 92.8. The number of aliphatic carboxylic acids is 1. The monoisotopic (exact) mass is 1870 g/mol. The molecular weight excluding hydrogens is 1620 g/mol. The molecular formula is C128H255NO4. The van der Waals surface area contributed by atoms with Crippen LogP contribution in [0.25, 0.3) is 0 Å². The fraction of sp³-hybridized carbons (Fsp3) is 0.984. The third-order valence-electron chi connectivity index (χ3n) is 31.7. The Kier molecular flexibility index (Phi) is 120. The van der Waals surface area contributed by atoms with Crippen molar-refractivity contribution in [1.29, 1.82) is 0 Å². The Morgan fingerprint density at radius 3 is 0.391 bits per heavy atom. The van der Waals surface area contributed by atoms with E-state index in [1.165, 1.54) is 719 Å². The van der Waals surface area contributed by atoms with Gasteiger partial charge >= 0.3 is 5.97 Å². The van der Waals surface area contributed by atoms with Gasteiger partial charge in [-0.3, -0.25) is 4.79 Å². The number of unbranched alkanes of at least 4 members (excludes halogenated alkanes) is 113. The Bertz CT molecular complexity index is 2060. The second kappa shape index (κ2) is 121. The van der Waals surface area contributed by atoms with E-state index in [-0.39, 0.29) is 5.91 Å². The van der Waals surface area contributed by atoms with Crippen LogP contribution < -0.4 is 5.32 Å². The average molecular weight is 1870 g/mol. The maximum absolute atomic E-state index is 12.6. The van der Waals surface area contributed by atoms with Gasteiger partial charge in [0, 0.05) is 6.42 Å². The van der Waals surface area contributed by atoms with Crippen molar-refractivity contribution in [3.63, 3.8) is 0 Å². The predicted molar refractivity (Wildman–Crippen MR) is 600 cm³/mol. The van der Waals surface area contributed by atoms with E-state index in [1.807, 2.05) is 0 Å². The van der Waals surface area contributed by atoms with E-state index in [0.717, 1.165) is 44.4 Å². The summed E-state index contributed by atoms with van der Waals surface area (Å²) < 4.78 is 0. The summed E-state index contributed by atoms with van der Waals surface area (Å²) in [5.74, 6) is -0.536. The number of amides is 1. The van der Waals surface area contributed by atoms with Gasteiger partial charge in [0.15, 0.2) is 6.04 Å². The Morgan fingerprint density at radius 1 is 0.165 bits per heavy atom. The molecule has 0 aliphatic rings. The largest absolute Gasteiger partial charge is 0.480 e. The molecule has 5 heteroatoms. The number of carbonyl (C=O) groups excluding carboxylic acids is 1. The highest BCUT2D eigenvalue weighted by molar-refractivity contribution is 5.83. The van der Waals surface area contributed by atoms with Crippen LogP contribution >= 0.6 is 0 Å². The summed E-state index contributed by atoms with van der Waals surface area (Å²) in [4.78, 5) is 24.4. The highest BCUT2D eigenvalue weighted by Gasteiger charge is 2.28. The van der Waals surface area contributed by atoms with Crippen molar-refractivity contribution in [2.75, 3.05) is 0 Å². The van der Waals surface area contributed by atoms with Gasteiger partial charge in [0.1, 0.15) is 0 Å². The first kappa shape index (κ1) is 132. The van der Waals surface area contributed by atoms with Crippen molar-refractivity contribution < 1.29 is 19.8 Å². The van der Waals surface area contributed by atoms with Gasteiger partial charge in [0.05, 0.1) is 6.10 Å². The molecule has 0 fully saturated rings. The van der Waals surface area contributed by atoms with Gasteiger partial charge in [-0.25, -0.2) is 4.79 Å². The number of carboxylic acids is 1. The van der Waals surface area contributed by atoms with Crippen molar-refractivity contribution in [1.82, 2.24) is 5.32 Å². The van der Waals surface area contributed by atoms with E-state index >= 15 is 0 Å². The number of hydrogen-bond acceptors (Lipinski definition) is 3. The molecule has 0 aromatic carbocycles. The lowest BCUT2D eigenvalue weighted by molar-refractivity contribution is -0.145. The molecule has 0 heterocycles. The maximum atomic E-state index is 12.6. The first-order valence-electron chi connectivity index (χ1n) is 64.1. The van der Waals surface area contributed by atoms with Crippen molar-refractivity contribution in [2.24, 2.45) is 5.92 Å². The molecule has 0 rings (SSSR count). The number of nitrogens with one attached hydrogen (secondary N) is 1. The van der Waals surface area contributed by atoms with Gasteiger partial charge < -0.3 is 15.5 Å². The fourth-order valence-corrected chi connectivity index (χ4v) is 22.1. The molecule has 3 atom stereocenters. The standard InChI is InChI=1S/C128H255NO4/c1-4-6-8-10-12-14-16-18-19-20-21-22-23-24-25-26-27-28-29-30-31-32-33-34-35-36-37-38-39-40-41-42-43-44-45-46-47-48-49-50-51-52-53-54-55-56-57-58-59-60-61-62-63-64-65-66-67-68-69-70-71-72-73-74-75-76-77-78-79-80-81-82-83-84-85-86-87-88-89-90-91-92-93-94-95-96-97-98-99-100-102-103-105-108-112-116-120-124(3)121-117-113-109-107-111-115-119-123-126(131)129-127(128(132)133)125(130)122-118-114-110-106-104-101-17-15-13-11-9-7-5-2/h124-125,127,130H,4-123H2,1-3H3,(H,129,131)(H,132,133). The van der Waals surface area contributed by atoms with E-state index in [9.17, 15) is 19.8 Å². The SMILES string of the molecule is CCCCCCCCCCCCCCCCCCCCCCCCCCCCCCCCCCCCCCCCCCCCCCCCCCCCCCCCCCCCCCCCCCCCCCCCCCCCCCCCCCCCCCCCCCCCCCCCCCC(C)CCCCCCCCCC(=O)NC(C(=O)O)C(O)CCCCCCCCCCCCCCC. The number of carbonyl (C=O) groups is 2. The highest BCUT2D eigenvalue weighted by Crippen LogP contribution is 2.27. The van der Waals surface area contributed by atoms with E-state index in [1.54, 1.807) is 0 Å². The van der Waals surface area contributed by atoms with Crippen LogP contribution in [0.2, 0.25) is 0 Å². The maximum Gasteiger partial charge on any atom is 0.328 e. The van der Waals surface area contributed by atoms with Gasteiger partial charge in [-0.1, -0.05) is 772 Å². The second-order valence-electron chi connectivity index (χ2n) is 45.5. The summed E-state index contributed by atoms with van der Waals surface area (Å²) in [6, 6.07) is -1.21. The Labute approximate surface area is 841 Å².